The lowest BCUT2D eigenvalue weighted by atomic mass is 10.0. The van der Waals surface area contributed by atoms with Gasteiger partial charge >= 0.3 is 0 Å². The molecule has 7 nitrogen and oxygen atoms in total. The van der Waals surface area contributed by atoms with Crippen LogP contribution in [0, 0.1) is 0 Å². The molecule has 2 unspecified atom stereocenters. The Kier molecular flexibility index (Phi) is 24.7. The summed E-state index contributed by atoms with van der Waals surface area (Å²) in [6.07, 6.45) is 21.5. The van der Waals surface area contributed by atoms with Crippen LogP contribution in [-0.4, -0.2) is 57.5 Å². The Labute approximate surface area is 211 Å². The third kappa shape index (κ3) is 25.1. The van der Waals surface area contributed by atoms with E-state index in [0.717, 1.165) is 13.0 Å². The van der Waals surface area contributed by atoms with Crippen LogP contribution in [0.1, 0.15) is 117 Å². The lowest BCUT2D eigenvalue weighted by Crippen LogP contribution is -2.32. The first kappa shape index (κ1) is 34.0. The highest BCUT2D eigenvalue weighted by atomic mass is 31.2. The molecular weight excluding hydrogens is 451 g/mol. The Hall–Kier alpha value is -0.0100. The number of phosphoric acid groups is 1. The molecule has 0 aromatic heterocycles. The second-order valence-corrected chi connectivity index (χ2v) is 11.0. The van der Waals surface area contributed by atoms with Crippen LogP contribution in [0.25, 0.3) is 0 Å². The van der Waals surface area contributed by atoms with Crippen molar-refractivity contribution < 1.29 is 23.2 Å². The summed E-state index contributed by atoms with van der Waals surface area (Å²) in [5, 5.41) is 0. The molecule has 0 rings (SSSR count). The van der Waals surface area contributed by atoms with Gasteiger partial charge in [-0.1, -0.05) is 110 Å². The van der Waals surface area contributed by atoms with Gasteiger partial charge in [-0.3, -0.25) is 4.57 Å². The highest BCUT2D eigenvalue weighted by Gasteiger charge is 2.13. The molecule has 0 saturated carbocycles. The maximum Gasteiger partial charge on any atom is 0.267 e. The van der Waals surface area contributed by atoms with Gasteiger partial charge in [0.2, 0.25) is 0 Å². The van der Waals surface area contributed by atoms with Gasteiger partial charge in [0.1, 0.15) is 0 Å². The van der Waals surface area contributed by atoms with Gasteiger partial charge in [0, 0.05) is 13.2 Å². The van der Waals surface area contributed by atoms with Crippen LogP contribution in [0.15, 0.2) is 0 Å². The molecule has 0 aliphatic rings. The fourth-order valence-electron chi connectivity index (χ4n) is 3.73. The molecule has 0 aliphatic carbocycles. The smallest absolute Gasteiger partial charge is 0.267 e. The normalized spacial score (nSPS) is 14.5. The van der Waals surface area contributed by atoms with E-state index in [1.165, 1.54) is 96.3 Å². The van der Waals surface area contributed by atoms with Crippen molar-refractivity contribution in [3.05, 3.63) is 0 Å². The van der Waals surface area contributed by atoms with Crippen LogP contribution < -0.4 is 10.6 Å². The Morgan fingerprint density at radius 2 is 1.21 bits per heavy atom. The number of unbranched alkanes of at least 4 members (excludes halogenated alkanes) is 15. The van der Waals surface area contributed by atoms with Crippen molar-refractivity contribution in [2.75, 3.05) is 46.6 Å². The molecule has 206 valence electrons. The number of hydrogen-bond acceptors (Lipinski definition) is 7. The molecule has 0 amide bonds. The quantitative estimate of drug-likeness (QED) is 0.107. The Balaban J connectivity index is 3.35. The molecule has 0 aromatic carbocycles. The second kappa shape index (κ2) is 24.7. The fraction of sp³-hybridized carbons (Fsp3) is 1.00. The van der Waals surface area contributed by atoms with Crippen LogP contribution in [0.4, 0.5) is 0 Å². The van der Waals surface area contributed by atoms with Crippen molar-refractivity contribution in [2.45, 2.75) is 123 Å². The van der Waals surface area contributed by atoms with Crippen LogP contribution in [0.2, 0.25) is 0 Å². The Morgan fingerprint density at radius 3 is 1.68 bits per heavy atom. The summed E-state index contributed by atoms with van der Waals surface area (Å²) in [5.74, 6) is 0. The first-order chi connectivity index (χ1) is 16.4. The Bertz CT molecular complexity index is 470. The third-order valence-corrected chi connectivity index (χ3v) is 7.15. The zero-order valence-electron chi connectivity index (χ0n) is 22.6. The fourth-order valence-corrected chi connectivity index (χ4v) is 4.48. The van der Waals surface area contributed by atoms with E-state index < -0.39 is 13.9 Å². The van der Waals surface area contributed by atoms with Crippen LogP contribution >= 0.6 is 7.82 Å². The average Bonchev–Trinajstić information content (AvgIpc) is 2.81. The molecule has 34 heavy (non-hydrogen) atoms. The van der Waals surface area contributed by atoms with Crippen LogP contribution in [0.5, 0.6) is 0 Å². The molecule has 0 bridgehead atoms. The van der Waals surface area contributed by atoms with Crippen LogP contribution in [-0.2, 0) is 18.3 Å². The molecular formula is C26H56N2O5P-. The van der Waals surface area contributed by atoms with Crippen molar-refractivity contribution in [2.24, 2.45) is 5.73 Å². The second-order valence-electron chi connectivity index (χ2n) is 9.61. The number of ether oxygens (including phenoxy) is 1. The molecule has 0 heterocycles. The van der Waals surface area contributed by atoms with Gasteiger partial charge in [-0.15, -0.1) is 0 Å². The average molecular weight is 508 g/mol. The highest BCUT2D eigenvalue weighted by molar-refractivity contribution is 7.45. The Morgan fingerprint density at radius 1 is 0.735 bits per heavy atom. The zero-order valence-corrected chi connectivity index (χ0v) is 23.5. The summed E-state index contributed by atoms with van der Waals surface area (Å²) in [6, 6.07) is -0.481. The molecule has 0 aliphatic heterocycles. The predicted molar refractivity (Wildman–Crippen MR) is 141 cm³/mol. The van der Waals surface area contributed by atoms with Gasteiger partial charge in [0.15, 0.2) is 0 Å². The molecule has 0 saturated heterocycles. The summed E-state index contributed by atoms with van der Waals surface area (Å²) in [6.45, 7) is 6.52. The van der Waals surface area contributed by atoms with Gasteiger partial charge in [-0.05, 0) is 20.0 Å². The van der Waals surface area contributed by atoms with E-state index in [-0.39, 0.29) is 19.8 Å². The van der Waals surface area contributed by atoms with E-state index >= 15 is 0 Å². The number of rotatable bonds is 27. The maximum absolute atomic E-state index is 11.7. The van der Waals surface area contributed by atoms with Gasteiger partial charge < -0.3 is 29.3 Å². The lowest BCUT2D eigenvalue weighted by Gasteiger charge is -2.25. The third-order valence-electron chi connectivity index (χ3n) is 6.18. The number of phosphoric ester groups is 1. The highest BCUT2D eigenvalue weighted by Crippen LogP contribution is 2.37. The number of nitrogens with zero attached hydrogens (tertiary/aromatic N) is 1. The molecule has 0 aromatic rings. The molecule has 2 atom stereocenters. The predicted octanol–water partition coefficient (Wildman–Crippen LogP) is 6.05. The first-order valence-electron chi connectivity index (χ1n) is 14.0. The van der Waals surface area contributed by atoms with E-state index in [1.807, 2.05) is 18.9 Å². The minimum Gasteiger partial charge on any atom is -0.756 e. The van der Waals surface area contributed by atoms with E-state index in [1.54, 1.807) is 0 Å². The summed E-state index contributed by atoms with van der Waals surface area (Å²) in [5.41, 5.74) is 5.88. The van der Waals surface area contributed by atoms with Crippen molar-refractivity contribution in [3.8, 4) is 0 Å². The summed E-state index contributed by atoms with van der Waals surface area (Å²) < 4.78 is 27.0. The van der Waals surface area contributed by atoms with Crippen molar-refractivity contribution in [3.63, 3.8) is 0 Å². The van der Waals surface area contributed by atoms with Gasteiger partial charge in [-0.25, -0.2) is 0 Å². The number of hydrogen-bond donors (Lipinski definition) is 1. The minimum atomic E-state index is -4.30. The largest absolute Gasteiger partial charge is 0.756 e. The summed E-state index contributed by atoms with van der Waals surface area (Å²) >= 11 is 0. The van der Waals surface area contributed by atoms with Crippen molar-refractivity contribution in [1.29, 1.82) is 0 Å². The van der Waals surface area contributed by atoms with E-state index in [9.17, 15) is 9.46 Å². The van der Waals surface area contributed by atoms with Crippen molar-refractivity contribution >= 4 is 7.82 Å². The zero-order chi connectivity index (χ0) is 25.3. The van der Waals surface area contributed by atoms with Crippen molar-refractivity contribution in [1.82, 2.24) is 4.90 Å². The minimum absolute atomic E-state index is 0.0795. The standard InChI is InChI=1S/C26H57N2O5P/c1-4-6-7-8-9-10-11-12-13-14-15-16-17-18-19-20-22-31-24-26(27)25-33-34(29,30)32-23-21-28(3)5-2/h26H,4-25,27H2,1-3H3,(H,29,30)/p-1. The number of likely N-dealkylation sites (N-methyl/N-ethyl adjacent to an activating group) is 1. The molecule has 0 radical (unpaired) electrons. The van der Waals surface area contributed by atoms with Gasteiger partial charge in [-0.2, -0.15) is 0 Å². The molecule has 0 spiro atoms. The SMILES string of the molecule is CCCCCCCCCCCCCCCCCCOCC(N)COP(=O)([O-])OCCN(C)CC. The van der Waals surface area contributed by atoms with E-state index in [0.29, 0.717) is 13.2 Å². The monoisotopic (exact) mass is 507 g/mol. The first-order valence-corrected chi connectivity index (χ1v) is 15.5. The molecule has 8 heteroatoms. The van der Waals surface area contributed by atoms with Crippen LogP contribution in [0.3, 0.4) is 0 Å². The maximum atomic E-state index is 11.7. The molecule has 2 N–H and O–H groups in total. The topological polar surface area (TPSA) is 97.1 Å². The van der Waals surface area contributed by atoms with Gasteiger partial charge in [0.25, 0.3) is 7.82 Å². The number of nitrogens with two attached hydrogens (primary N) is 1. The van der Waals surface area contributed by atoms with E-state index in [2.05, 4.69) is 6.92 Å². The summed E-state index contributed by atoms with van der Waals surface area (Å²) in [4.78, 5) is 13.7. The molecule has 0 fully saturated rings. The lowest BCUT2D eigenvalue weighted by molar-refractivity contribution is -0.226. The van der Waals surface area contributed by atoms with Gasteiger partial charge in [0.05, 0.1) is 25.9 Å². The van der Waals surface area contributed by atoms with E-state index in [4.69, 9.17) is 19.5 Å². The summed E-state index contributed by atoms with van der Waals surface area (Å²) in [7, 11) is -2.41.